The third kappa shape index (κ3) is 24.6. The van der Waals surface area contributed by atoms with Crippen LogP contribution >= 0.6 is 0 Å². The van der Waals surface area contributed by atoms with Gasteiger partial charge in [0.1, 0.15) is 66.0 Å². The fraction of sp³-hybridized carbons (Fsp3) is 0.527. The minimum atomic E-state index is -2.08. The Labute approximate surface area is 644 Å². The Morgan fingerprint density at radius 1 is 0.634 bits per heavy atom. The lowest BCUT2D eigenvalue weighted by Gasteiger charge is -2.42. The summed E-state index contributed by atoms with van der Waals surface area (Å²) in [6, 6.07) is -3.20. The molecule has 21 N–H and O–H groups in total. The van der Waals surface area contributed by atoms with E-state index in [0.29, 0.717) is 32.9 Å². The van der Waals surface area contributed by atoms with Crippen LogP contribution in [0.3, 0.4) is 0 Å². The number of para-hydroxylation sites is 2. The number of carboxylic acids is 2. The summed E-state index contributed by atoms with van der Waals surface area (Å²) < 4.78 is 0. The molecule has 38 nitrogen and oxygen atoms in total. The number of nitrogens with two attached hydrogens (primary N) is 1. The van der Waals surface area contributed by atoms with Gasteiger partial charge in [0.15, 0.2) is 0 Å². The Morgan fingerprint density at radius 3 is 1.72 bits per heavy atom. The van der Waals surface area contributed by atoms with E-state index < -0.39 is 230 Å². The van der Waals surface area contributed by atoms with E-state index in [9.17, 15) is 87.2 Å². The van der Waals surface area contributed by atoms with E-state index in [0.717, 1.165) is 0 Å². The van der Waals surface area contributed by atoms with Gasteiger partial charge in [-0.15, -0.1) is 0 Å². The van der Waals surface area contributed by atoms with Crippen molar-refractivity contribution in [1.82, 2.24) is 94.0 Å². The molecule has 0 radical (unpaired) electrons. The van der Waals surface area contributed by atoms with Crippen molar-refractivity contribution in [3.05, 3.63) is 90.3 Å². The lowest BCUT2D eigenvalue weighted by atomic mass is 9.85. The van der Waals surface area contributed by atoms with Gasteiger partial charge >= 0.3 is 11.9 Å². The minimum Gasteiger partial charge on any atom is -0.481 e. The molecule has 608 valence electrons. The summed E-state index contributed by atoms with van der Waals surface area (Å²) >= 11 is 0. The largest absolute Gasteiger partial charge is 0.481 e. The zero-order chi connectivity index (χ0) is 82.3. The summed E-state index contributed by atoms with van der Waals surface area (Å²) in [4.78, 5) is 241. The number of aromatic nitrogens is 4. The predicted octanol–water partition coefficient (Wildman–Crippen LogP) is -3.05. The number of aliphatic carboxylic acids is 2. The van der Waals surface area contributed by atoms with E-state index in [2.05, 4.69) is 89.1 Å². The average molecular weight is 1560 g/mol. The number of fused-ring (bicyclic) bond motifs is 36. The second-order valence-electron chi connectivity index (χ2n) is 28.9. The molecule has 3 saturated heterocycles. The monoisotopic (exact) mass is 1560 g/mol. The number of carboxylic acid groups (broad SMARTS) is 2. The molecule has 6 heterocycles. The lowest BCUT2D eigenvalue weighted by Crippen LogP contribution is -2.68. The first-order chi connectivity index (χ1) is 53.1. The quantitative estimate of drug-likeness (QED) is 0.0289. The first-order valence-electron chi connectivity index (χ1n) is 37.2. The van der Waals surface area contributed by atoms with Gasteiger partial charge < -0.3 is 110 Å². The smallest absolute Gasteiger partial charge is 0.305 e. The van der Waals surface area contributed by atoms with Gasteiger partial charge in [0.2, 0.25) is 82.7 Å². The number of piperidine rings is 1. The number of hydrogen-bond acceptors (Lipinski definition) is 19. The third-order valence-corrected chi connectivity index (χ3v) is 19.5. The summed E-state index contributed by atoms with van der Waals surface area (Å²) in [6.07, 6.45) is -0.270. The number of nitrogens with zero attached hydrogens (tertiary/aromatic N) is 2. The van der Waals surface area contributed by atoms with Gasteiger partial charge in [-0.2, -0.15) is 0 Å². The molecule has 2 bridgehead atoms. The molecule has 8 rings (SSSR count). The maximum absolute atomic E-state index is 15.3. The Morgan fingerprint density at radius 2 is 1.18 bits per heavy atom. The Kier molecular flexibility index (Phi) is 31.8. The number of rotatable bonds is 23. The van der Waals surface area contributed by atoms with Crippen molar-refractivity contribution < 1.29 is 92.0 Å². The molecule has 0 spiro atoms. The summed E-state index contributed by atoms with van der Waals surface area (Å²) in [7, 11) is 1.29. The molecule has 5 aromatic rings. The van der Waals surface area contributed by atoms with Crippen LogP contribution in [-0.4, -0.2) is 240 Å². The summed E-state index contributed by atoms with van der Waals surface area (Å²) in [5.74, 6) is -17.5. The first kappa shape index (κ1) is 87.4. The third-order valence-electron chi connectivity index (χ3n) is 19.5. The van der Waals surface area contributed by atoms with Gasteiger partial charge in [-0.3, -0.25) is 76.7 Å². The highest BCUT2D eigenvalue weighted by molar-refractivity contribution is 6.01. The fourth-order valence-electron chi connectivity index (χ4n) is 13.2. The molecule has 0 saturated carbocycles. The van der Waals surface area contributed by atoms with Crippen molar-refractivity contribution in [2.24, 2.45) is 17.6 Å². The van der Waals surface area contributed by atoms with Gasteiger partial charge in [0.25, 0.3) is 0 Å². The second kappa shape index (κ2) is 40.7. The van der Waals surface area contributed by atoms with Crippen molar-refractivity contribution in [1.29, 1.82) is 0 Å². The fourth-order valence-corrected chi connectivity index (χ4v) is 13.2. The summed E-state index contributed by atoms with van der Waals surface area (Å²) in [6.45, 7) is 9.17. The van der Waals surface area contributed by atoms with Gasteiger partial charge in [0, 0.05) is 85.6 Å². The van der Waals surface area contributed by atoms with Gasteiger partial charge in [0.05, 0.1) is 37.1 Å². The number of primary amides is 1. The molecular formula is C74H103N19O19. The SMILES string of the molecule is CCC[C@@H]1NC(=O)[C@H](CCC(=O)O)NC(=O)CNC(=O)[C@H](CC(C)C)NC(=O)[C@H](Cc2c[nH]cn2)NC(=O)[C@H](Cc2c[nH]c3ccccc23)NC(=O)[C@H](C)NC(=O)[C@@H](NC(=O)[C@H](CC(=O)O)NC)CCC(=O)N2CCC(C(=O)N[C@H](C(N)=O)C(C)O)(CC2)NC(=O)[C@H](Cc2c[nH]c3ccccc23)NC(=O)[C@H](C(C)C)NC1=O. The van der Waals surface area contributed by atoms with Crippen molar-refractivity contribution in [2.75, 3.05) is 26.7 Å². The molecule has 3 aromatic heterocycles. The molecule has 1 unspecified atom stereocenters. The summed E-state index contributed by atoms with van der Waals surface area (Å²) in [5.41, 5.74) is 6.09. The molecule has 2 aromatic carbocycles. The molecule has 0 aliphatic carbocycles. The standard InChI is InChI=1S/C74H103N19O19/c1-9-14-48-67(106)90-60(38(4)5)72(111)89-54(29-42-33-79-47-18-13-11-16-45(42)47)71(110)92-74(73(112)91-61(40(7)94)62(75)101)23-25-93(26-24-74)57(96)21-19-50(85-68(107)51(76-8)31-59(99)100)65(104)82-39(6)63(102)86-53(28-41-32-78-46-17-12-10-15-44(41)46)69(108)88-55(30-43-34-77-36-81-43)70(109)87-52(27-37(2)3)64(103)80-35-56(95)83-49(66(105)84-48)20-22-58(97)98/h10-13,15-18,32-34,36-40,48-55,60-61,76,78-79,94H,9,14,19-31,35H2,1-8H3,(H2,75,101)(H,77,81)(H,80,103)(H,82,104)(H,83,95)(H,84,105)(H,85,107)(H,86,102)(H,87,109)(H,88,108)(H,89,111)(H,90,106)(H,91,112)(H,92,110)(H,97,98)(H,99,100)/t39-,40?,48-,49-,50-,51-,52-,53-,54-,55-,60-,61-/m0/s1. The van der Waals surface area contributed by atoms with Crippen LogP contribution in [0.2, 0.25) is 0 Å². The van der Waals surface area contributed by atoms with Crippen LogP contribution in [0.1, 0.15) is 129 Å². The zero-order valence-corrected chi connectivity index (χ0v) is 63.7. The highest BCUT2D eigenvalue weighted by Gasteiger charge is 2.47. The van der Waals surface area contributed by atoms with Crippen LogP contribution in [0.25, 0.3) is 21.8 Å². The number of nitrogens with one attached hydrogen (secondary N) is 16. The number of aliphatic hydroxyl groups is 1. The molecule has 38 heteroatoms. The maximum atomic E-state index is 15.3. The number of likely N-dealkylation sites (N-methyl/N-ethyl adjacent to an activating group) is 1. The van der Waals surface area contributed by atoms with Crippen molar-refractivity contribution in [3.63, 3.8) is 0 Å². The maximum Gasteiger partial charge on any atom is 0.305 e. The molecule has 12 atom stereocenters. The van der Waals surface area contributed by atoms with Crippen molar-refractivity contribution in [2.45, 2.75) is 210 Å². The average Bonchev–Trinajstić information content (AvgIpc) is 0.920. The van der Waals surface area contributed by atoms with Crippen LogP contribution in [-0.2, 0) is 96.0 Å². The van der Waals surface area contributed by atoms with Crippen LogP contribution < -0.4 is 74.9 Å². The number of imidazole rings is 1. The molecular weight excluding hydrogens is 1460 g/mol. The minimum absolute atomic E-state index is 0.0539. The van der Waals surface area contributed by atoms with Gasteiger partial charge in [-0.25, -0.2) is 4.98 Å². The Hall–Kier alpha value is -11.8. The highest BCUT2D eigenvalue weighted by Crippen LogP contribution is 2.27. The molecule has 14 amide bonds. The number of carbonyl (C=O) groups is 16. The van der Waals surface area contributed by atoms with Crippen molar-refractivity contribution in [3.8, 4) is 0 Å². The van der Waals surface area contributed by atoms with E-state index in [1.807, 2.05) is 0 Å². The van der Waals surface area contributed by atoms with E-state index >= 15 is 4.79 Å². The van der Waals surface area contributed by atoms with Crippen LogP contribution in [0.5, 0.6) is 0 Å². The number of hydrogen-bond donors (Lipinski definition) is 20. The lowest BCUT2D eigenvalue weighted by molar-refractivity contribution is -0.143. The molecule has 3 aliphatic rings. The van der Waals surface area contributed by atoms with Crippen LogP contribution in [0.15, 0.2) is 73.4 Å². The van der Waals surface area contributed by atoms with Gasteiger partial charge in [-0.1, -0.05) is 77.4 Å². The number of H-pyrrole nitrogens is 3. The van der Waals surface area contributed by atoms with E-state index in [-0.39, 0.29) is 63.2 Å². The van der Waals surface area contributed by atoms with Crippen LogP contribution in [0, 0.1) is 11.8 Å². The zero-order valence-electron chi connectivity index (χ0n) is 63.7. The van der Waals surface area contributed by atoms with E-state index in [4.69, 9.17) is 5.73 Å². The number of benzene rings is 2. The number of aromatic amines is 3. The van der Waals surface area contributed by atoms with Gasteiger partial charge in [-0.05, 0) is 94.5 Å². The molecule has 3 aliphatic heterocycles. The second-order valence-corrected chi connectivity index (χ2v) is 28.9. The molecule has 3 fully saturated rings. The van der Waals surface area contributed by atoms with Crippen LogP contribution in [0.4, 0.5) is 0 Å². The normalized spacial score (nSPS) is 24.0. The predicted molar refractivity (Wildman–Crippen MR) is 402 cm³/mol. The molecule has 112 heavy (non-hydrogen) atoms. The first-order valence-corrected chi connectivity index (χ1v) is 37.2. The van der Waals surface area contributed by atoms with E-state index in [1.54, 1.807) is 95.5 Å². The number of amides is 14. The highest BCUT2D eigenvalue weighted by atomic mass is 16.4. The van der Waals surface area contributed by atoms with Crippen molar-refractivity contribution >= 4 is 116 Å². The van der Waals surface area contributed by atoms with E-state index in [1.165, 1.54) is 38.3 Å². The summed E-state index contributed by atoms with van der Waals surface area (Å²) in [5, 5.41) is 65.0. The Balaban J connectivity index is 1.29. The topological polar surface area (TPSA) is 580 Å². The number of aliphatic hydroxyl groups excluding tert-OH is 1. The Bertz CT molecular complexity index is 4220. The number of carbonyl (C=O) groups excluding carboxylic acids is 14.